The van der Waals surface area contributed by atoms with Crippen LogP contribution in [0.15, 0.2) is 30.5 Å². The number of aromatic nitrogens is 1. The van der Waals surface area contributed by atoms with Gasteiger partial charge in [-0.1, -0.05) is 0 Å². The van der Waals surface area contributed by atoms with Crippen LogP contribution < -0.4 is 14.8 Å². The van der Waals surface area contributed by atoms with E-state index in [1.165, 1.54) is 26.8 Å². The quantitative estimate of drug-likeness (QED) is 0.583. The van der Waals surface area contributed by atoms with Crippen molar-refractivity contribution in [1.82, 2.24) is 10.3 Å². The molecular weight excluding hydrogens is 415 g/mol. The Balaban J connectivity index is 1.89. The average Bonchev–Trinajstić information content (AvgIpc) is 2.95. The number of carbonyl (C=O) groups excluding carboxylic acids is 2. The molecule has 30 heavy (non-hydrogen) atoms. The minimum atomic E-state index is -4.83. The third kappa shape index (κ3) is 3.91. The number of ketones is 1. The summed E-state index contributed by atoms with van der Waals surface area (Å²) in [4.78, 5) is 28.9. The van der Waals surface area contributed by atoms with Crippen LogP contribution in [-0.4, -0.2) is 28.5 Å². The van der Waals surface area contributed by atoms with Crippen molar-refractivity contribution >= 4 is 11.7 Å². The third-order valence-electron chi connectivity index (χ3n) is 4.39. The molecule has 0 unspecified atom stereocenters. The summed E-state index contributed by atoms with van der Waals surface area (Å²) in [6.07, 6.45) is -7.69. The van der Waals surface area contributed by atoms with Gasteiger partial charge >= 0.3 is 12.5 Å². The maximum absolute atomic E-state index is 13.3. The van der Waals surface area contributed by atoms with Gasteiger partial charge < -0.3 is 14.8 Å². The van der Waals surface area contributed by atoms with Gasteiger partial charge in [0.05, 0.1) is 11.1 Å². The Morgan fingerprint density at radius 1 is 1.10 bits per heavy atom. The lowest BCUT2D eigenvalue weighted by Crippen LogP contribution is -2.50. The van der Waals surface area contributed by atoms with E-state index in [2.05, 4.69) is 19.8 Å². The lowest BCUT2D eigenvalue weighted by Gasteiger charge is -2.26. The second-order valence-corrected chi connectivity index (χ2v) is 7.04. The molecule has 160 valence electrons. The van der Waals surface area contributed by atoms with Crippen molar-refractivity contribution in [2.45, 2.75) is 38.8 Å². The molecule has 1 N–H and O–H groups in total. The Morgan fingerprint density at radius 2 is 1.77 bits per heavy atom. The van der Waals surface area contributed by atoms with Gasteiger partial charge in [-0.25, -0.2) is 0 Å². The molecule has 0 fully saturated rings. The number of halogens is 5. The molecule has 3 rings (SSSR count). The van der Waals surface area contributed by atoms with E-state index in [0.29, 0.717) is 6.07 Å². The number of rotatable bonds is 4. The van der Waals surface area contributed by atoms with Crippen LogP contribution in [0.1, 0.15) is 45.8 Å². The SMILES string of the molecule is Cc1c(C(=O)C(C)(C)NC(=O)c2ncccc2C(F)(F)F)ccc2c1OC(F)(F)O2. The van der Waals surface area contributed by atoms with E-state index in [4.69, 9.17) is 0 Å². The highest BCUT2D eigenvalue weighted by molar-refractivity contribution is 6.07. The standard InChI is InChI=1S/C19H15F5N2O4/c1-9-10(6-7-12-14(9)30-19(23,24)29-12)15(27)17(2,3)26-16(28)13-11(18(20,21)22)5-4-8-25-13/h4-8H,1-3H3,(H,26,28). The molecule has 0 saturated carbocycles. The number of alkyl halides is 5. The zero-order chi connectivity index (χ0) is 22.5. The summed E-state index contributed by atoms with van der Waals surface area (Å²) in [7, 11) is 0. The summed E-state index contributed by atoms with van der Waals surface area (Å²) < 4.78 is 74.7. The normalized spacial score (nSPS) is 15.1. The molecule has 0 bridgehead atoms. The van der Waals surface area contributed by atoms with Crippen LogP contribution in [0.2, 0.25) is 0 Å². The van der Waals surface area contributed by atoms with Crippen LogP contribution >= 0.6 is 0 Å². The van der Waals surface area contributed by atoms with Gasteiger partial charge in [0.25, 0.3) is 5.91 Å². The Morgan fingerprint density at radius 3 is 2.40 bits per heavy atom. The third-order valence-corrected chi connectivity index (χ3v) is 4.39. The molecule has 6 nitrogen and oxygen atoms in total. The van der Waals surface area contributed by atoms with Crippen LogP contribution in [-0.2, 0) is 6.18 Å². The van der Waals surface area contributed by atoms with E-state index in [0.717, 1.165) is 18.3 Å². The number of benzene rings is 1. The highest BCUT2D eigenvalue weighted by atomic mass is 19.4. The lowest BCUT2D eigenvalue weighted by molar-refractivity contribution is -0.286. The van der Waals surface area contributed by atoms with E-state index < -0.39 is 41.0 Å². The second-order valence-electron chi connectivity index (χ2n) is 7.04. The zero-order valence-corrected chi connectivity index (χ0v) is 15.9. The predicted molar refractivity (Wildman–Crippen MR) is 92.5 cm³/mol. The highest BCUT2D eigenvalue weighted by Gasteiger charge is 2.45. The molecule has 1 aromatic carbocycles. The lowest BCUT2D eigenvalue weighted by atomic mass is 9.90. The predicted octanol–water partition coefficient (Wildman–Crippen LogP) is 4.12. The smallest absolute Gasteiger partial charge is 0.395 e. The molecule has 0 radical (unpaired) electrons. The Hall–Kier alpha value is -3.24. The number of hydrogen-bond acceptors (Lipinski definition) is 5. The van der Waals surface area contributed by atoms with Gasteiger partial charge in [-0.2, -0.15) is 13.2 Å². The number of pyridine rings is 1. The van der Waals surface area contributed by atoms with E-state index in [-0.39, 0.29) is 22.6 Å². The summed E-state index contributed by atoms with van der Waals surface area (Å²) in [5.41, 5.74) is -3.89. The number of amides is 1. The summed E-state index contributed by atoms with van der Waals surface area (Å²) in [6.45, 7) is 3.87. The minimum absolute atomic E-state index is 0.0332. The van der Waals surface area contributed by atoms with Gasteiger partial charge in [0.1, 0.15) is 5.69 Å². The summed E-state index contributed by atoms with van der Waals surface area (Å²) >= 11 is 0. The molecule has 1 aliphatic rings. The van der Waals surface area contributed by atoms with Crippen LogP contribution in [0, 0.1) is 6.92 Å². The van der Waals surface area contributed by atoms with E-state index >= 15 is 0 Å². The van der Waals surface area contributed by atoms with Gasteiger partial charge in [0.2, 0.25) is 0 Å². The fourth-order valence-electron chi connectivity index (χ4n) is 2.94. The molecule has 1 aliphatic heterocycles. The molecule has 0 atom stereocenters. The summed E-state index contributed by atoms with van der Waals surface area (Å²) in [5, 5.41) is 2.22. The van der Waals surface area contributed by atoms with E-state index in [1.54, 1.807) is 0 Å². The first kappa shape index (κ1) is 21.5. The first-order valence-electron chi connectivity index (χ1n) is 8.52. The molecule has 0 spiro atoms. The molecule has 0 saturated heterocycles. The first-order valence-corrected chi connectivity index (χ1v) is 8.52. The Labute approximate surface area is 167 Å². The van der Waals surface area contributed by atoms with E-state index in [9.17, 15) is 31.5 Å². The largest absolute Gasteiger partial charge is 0.586 e. The Bertz CT molecular complexity index is 1030. The van der Waals surface area contributed by atoms with Crippen molar-refractivity contribution in [3.8, 4) is 11.5 Å². The molecule has 2 heterocycles. The van der Waals surface area contributed by atoms with Crippen molar-refractivity contribution in [2.24, 2.45) is 0 Å². The molecule has 1 amide bonds. The fraction of sp³-hybridized carbons (Fsp3) is 0.316. The summed E-state index contributed by atoms with van der Waals surface area (Å²) in [6, 6.07) is 4.03. The summed E-state index contributed by atoms with van der Waals surface area (Å²) in [5.74, 6) is -2.55. The number of Topliss-reactive ketones (excluding diaryl/α,β-unsaturated/α-hetero) is 1. The average molecular weight is 430 g/mol. The monoisotopic (exact) mass is 430 g/mol. The van der Waals surface area contributed by atoms with Crippen LogP contribution in [0.4, 0.5) is 22.0 Å². The van der Waals surface area contributed by atoms with Gasteiger partial charge in [-0.05, 0) is 45.0 Å². The van der Waals surface area contributed by atoms with Crippen LogP contribution in [0.5, 0.6) is 11.5 Å². The number of nitrogens with one attached hydrogen (secondary N) is 1. The zero-order valence-electron chi connectivity index (χ0n) is 15.9. The maximum atomic E-state index is 13.3. The fourth-order valence-corrected chi connectivity index (χ4v) is 2.94. The van der Waals surface area contributed by atoms with Crippen molar-refractivity contribution in [3.05, 3.63) is 52.8 Å². The minimum Gasteiger partial charge on any atom is -0.395 e. The topological polar surface area (TPSA) is 77.5 Å². The Kier molecular flexibility index (Phi) is 4.95. The van der Waals surface area contributed by atoms with E-state index in [1.807, 2.05) is 0 Å². The molecule has 1 aromatic heterocycles. The number of hydrogen-bond donors (Lipinski definition) is 1. The number of carbonyl (C=O) groups is 2. The molecular formula is C19H15F5N2O4. The number of fused-ring (bicyclic) bond motifs is 1. The molecule has 0 aliphatic carbocycles. The van der Waals surface area contributed by atoms with Gasteiger partial charge in [-0.3, -0.25) is 14.6 Å². The second kappa shape index (κ2) is 6.92. The highest BCUT2D eigenvalue weighted by Crippen LogP contribution is 2.44. The van der Waals surface area contributed by atoms with Crippen LogP contribution in [0.3, 0.4) is 0 Å². The van der Waals surface area contributed by atoms with Gasteiger partial charge in [-0.15, -0.1) is 8.78 Å². The van der Waals surface area contributed by atoms with Crippen molar-refractivity contribution < 1.29 is 41.0 Å². The first-order chi connectivity index (χ1) is 13.7. The maximum Gasteiger partial charge on any atom is 0.586 e. The molecule has 11 heteroatoms. The van der Waals surface area contributed by atoms with Crippen LogP contribution in [0.25, 0.3) is 0 Å². The van der Waals surface area contributed by atoms with Crippen molar-refractivity contribution in [3.63, 3.8) is 0 Å². The van der Waals surface area contributed by atoms with Crippen molar-refractivity contribution in [2.75, 3.05) is 0 Å². The van der Waals surface area contributed by atoms with Gasteiger partial charge in [0, 0.05) is 17.3 Å². The van der Waals surface area contributed by atoms with Crippen molar-refractivity contribution in [1.29, 1.82) is 0 Å². The number of nitrogens with zero attached hydrogens (tertiary/aromatic N) is 1. The van der Waals surface area contributed by atoms with Gasteiger partial charge in [0.15, 0.2) is 17.3 Å². The molecule has 2 aromatic rings. The number of ether oxygens (including phenoxy) is 2.